The van der Waals surface area contributed by atoms with Gasteiger partial charge in [-0.2, -0.15) is 0 Å². The number of methoxy groups -OCH3 is 1. The predicted molar refractivity (Wildman–Crippen MR) is 93.1 cm³/mol. The molecule has 1 amide bonds. The van der Waals surface area contributed by atoms with Gasteiger partial charge in [-0.25, -0.2) is 0 Å². The number of nitrogens with zero attached hydrogens (tertiary/aromatic N) is 1. The highest BCUT2D eigenvalue weighted by Crippen LogP contribution is 2.29. The number of likely N-dealkylation sites (N-methyl/N-ethyl adjacent to an activating group) is 1. The van der Waals surface area contributed by atoms with Crippen molar-refractivity contribution in [3.8, 4) is 5.75 Å². The highest BCUT2D eigenvalue weighted by atomic mass is 16.5. The normalized spacial score (nSPS) is 13.5. The molecule has 2 N–H and O–H groups in total. The number of rotatable bonds is 5. The van der Waals surface area contributed by atoms with Crippen LogP contribution in [-0.2, 0) is 4.79 Å². The third-order valence-electron chi connectivity index (χ3n) is 4.20. The largest absolute Gasteiger partial charge is 0.497 e. The van der Waals surface area contributed by atoms with Gasteiger partial charge in [-0.05, 0) is 35.2 Å². The highest BCUT2D eigenvalue weighted by Gasteiger charge is 2.29. The van der Waals surface area contributed by atoms with Crippen molar-refractivity contribution < 1.29 is 14.6 Å². The number of hydrogen-bond acceptors (Lipinski definition) is 3. The molecule has 0 saturated heterocycles. The molecule has 1 aromatic heterocycles. The first-order valence-corrected chi connectivity index (χ1v) is 7.75. The number of aromatic nitrogens is 1. The second-order valence-electron chi connectivity index (χ2n) is 5.56. The molecule has 0 aliphatic carbocycles. The maximum Gasteiger partial charge on any atom is 0.251 e. The van der Waals surface area contributed by atoms with E-state index >= 15 is 0 Å². The van der Waals surface area contributed by atoms with E-state index in [2.05, 4.69) is 5.32 Å². The van der Waals surface area contributed by atoms with Crippen LogP contribution in [0.4, 0.5) is 0 Å². The third kappa shape index (κ3) is 2.86. The maximum absolute atomic E-state index is 12.1. The predicted octanol–water partition coefficient (Wildman–Crippen LogP) is 2.35. The molecule has 3 rings (SSSR count). The minimum absolute atomic E-state index is 0.423. The summed E-state index contributed by atoms with van der Waals surface area (Å²) in [6.45, 7) is 0. The van der Waals surface area contributed by atoms with Gasteiger partial charge in [-0.15, -0.1) is 0 Å². The van der Waals surface area contributed by atoms with Crippen LogP contribution in [0.5, 0.6) is 5.75 Å². The summed E-state index contributed by atoms with van der Waals surface area (Å²) in [5.74, 6) is 0.304. The van der Waals surface area contributed by atoms with E-state index in [1.165, 1.54) is 7.05 Å². The van der Waals surface area contributed by atoms with E-state index in [4.69, 9.17) is 4.74 Å². The lowest BCUT2D eigenvalue weighted by atomic mass is 10.00. The van der Waals surface area contributed by atoms with Crippen molar-refractivity contribution in [2.45, 2.75) is 12.1 Å². The molecule has 0 saturated carbocycles. The van der Waals surface area contributed by atoms with Crippen LogP contribution in [0.2, 0.25) is 0 Å². The van der Waals surface area contributed by atoms with Crippen molar-refractivity contribution in [2.24, 2.45) is 0 Å². The molecule has 0 aliphatic rings. The smallest absolute Gasteiger partial charge is 0.251 e. The van der Waals surface area contributed by atoms with Gasteiger partial charge in [0.2, 0.25) is 0 Å². The minimum Gasteiger partial charge on any atom is -0.497 e. The molecule has 5 heteroatoms. The van der Waals surface area contributed by atoms with Crippen molar-refractivity contribution in [3.05, 3.63) is 66.4 Å². The number of benzene rings is 2. The standard InChI is InChI=1S/C19H20N2O3/c1-20-19(23)18(22)17(14-7-9-15(24-2)10-8-14)21-12-11-13-5-3-4-6-16(13)21/h3-12,17-18,22H,1-2H3,(H,20,23)/t17-,18-/m1/s1. The Balaban J connectivity index is 2.12. The Bertz CT molecular complexity index is 839. The van der Waals surface area contributed by atoms with Crippen molar-refractivity contribution >= 4 is 16.8 Å². The van der Waals surface area contributed by atoms with E-state index in [9.17, 15) is 9.90 Å². The molecule has 0 unspecified atom stereocenters. The number of aliphatic hydroxyl groups excluding tert-OH is 1. The lowest BCUT2D eigenvalue weighted by Gasteiger charge is -2.25. The van der Waals surface area contributed by atoms with Gasteiger partial charge in [0.1, 0.15) is 5.75 Å². The summed E-state index contributed by atoms with van der Waals surface area (Å²) in [7, 11) is 3.12. The third-order valence-corrected chi connectivity index (χ3v) is 4.20. The molecule has 0 aliphatic heterocycles. The summed E-state index contributed by atoms with van der Waals surface area (Å²) in [5, 5.41) is 14.2. The number of nitrogens with one attached hydrogen (secondary N) is 1. The van der Waals surface area contributed by atoms with Gasteiger partial charge < -0.3 is 19.7 Å². The first-order valence-electron chi connectivity index (χ1n) is 7.75. The zero-order chi connectivity index (χ0) is 17.1. The first-order chi connectivity index (χ1) is 11.7. The number of amides is 1. The van der Waals surface area contributed by atoms with E-state index in [0.717, 1.165) is 22.2 Å². The van der Waals surface area contributed by atoms with Crippen molar-refractivity contribution in [2.75, 3.05) is 14.2 Å². The van der Waals surface area contributed by atoms with Gasteiger partial charge in [0, 0.05) is 18.8 Å². The summed E-state index contributed by atoms with van der Waals surface area (Å²) >= 11 is 0. The van der Waals surface area contributed by atoms with Crippen LogP contribution in [0, 0.1) is 0 Å². The summed E-state index contributed by atoms with van der Waals surface area (Å²) < 4.78 is 7.12. The number of carbonyl (C=O) groups excluding carboxylic acids is 1. The fourth-order valence-corrected chi connectivity index (χ4v) is 2.93. The molecular formula is C19H20N2O3. The molecule has 0 spiro atoms. The average Bonchev–Trinajstić information content (AvgIpc) is 3.05. The topological polar surface area (TPSA) is 63.5 Å². The molecule has 0 fully saturated rings. The fraction of sp³-hybridized carbons (Fsp3) is 0.211. The molecule has 0 radical (unpaired) electrons. The van der Waals surface area contributed by atoms with E-state index in [1.54, 1.807) is 7.11 Å². The van der Waals surface area contributed by atoms with Crippen molar-refractivity contribution in [3.63, 3.8) is 0 Å². The number of carbonyl (C=O) groups is 1. The van der Waals surface area contributed by atoms with Gasteiger partial charge in [-0.3, -0.25) is 4.79 Å². The number of fused-ring (bicyclic) bond motifs is 1. The Labute approximate surface area is 140 Å². The molecule has 0 bridgehead atoms. The molecule has 2 atom stereocenters. The van der Waals surface area contributed by atoms with Crippen molar-refractivity contribution in [1.29, 1.82) is 0 Å². The van der Waals surface area contributed by atoms with Crippen LogP contribution in [-0.4, -0.2) is 35.8 Å². The zero-order valence-corrected chi connectivity index (χ0v) is 13.6. The van der Waals surface area contributed by atoms with Gasteiger partial charge in [0.25, 0.3) is 5.91 Å². The number of aliphatic hydroxyl groups is 1. The quantitative estimate of drug-likeness (QED) is 0.757. The Kier molecular flexibility index (Phi) is 4.53. The lowest BCUT2D eigenvalue weighted by molar-refractivity contribution is -0.130. The van der Waals surface area contributed by atoms with Gasteiger partial charge >= 0.3 is 0 Å². The average molecular weight is 324 g/mol. The van der Waals surface area contributed by atoms with Crippen LogP contribution in [0.25, 0.3) is 10.9 Å². The Morgan fingerprint density at radius 1 is 1.12 bits per heavy atom. The Morgan fingerprint density at radius 3 is 2.50 bits per heavy atom. The number of ether oxygens (including phenoxy) is 1. The summed E-state index contributed by atoms with van der Waals surface area (Å²) in [6, 6.07) is 16.7. The summed E-state index contributed by atoms with van der Waals surface area (Å²) in [6.07, 6.45) is 0.685. The molecule has 124 valence electrons. The number of para-hydroxylation sites is 1. The summed E-state index contributed by atoms with van der Waals surface area (Å²) in [4.78, 5) is 12.1. The molecule has 3 aromatic rings. The van der Waals surface area contributed by atoms with Crippen LogP contribution >= 0.6 is 0 Å². The van der Waals surface area contributed by atoms with E-state index in [0.29, 0.717) is 0 Å². The second kappa shape index (κ2) is 6.76. The van der Waals surface area contributed by atoms with E-state index < -0.39 is 18.1 Å². The second-order valence-corrected chi connectivity index (χ2v) is 5.56. The van der Waals surface area contributed by atoms with Crippen LogP contribution < -0.4 is 10.1 Å². The summed E-state index contributed by atoms with van der Waals surface area (Å²) in [5.41, 5.74) is 1.79. The molecule has 24 heavy (non-hydrogen) atoms. The minimum atomic E-state index is -1.21. The highest BCUT2D eigenvalue weighted by molar-refractivity contribution is 5.83. The van der Waals surface area contributed by atoms with Crippen LogP contribution in [0.15, 0.2) is 60.8 Å². The molecule has 1 heterocycles. The fourth-order valence-electron chi connectivity index (χ4n) is 2.93. The van der Waals surface area contributed by atoms with Crippen molar-refractivity contribution in [1.82, 2.24) is 9.88 Å². The molecular weight excluding hydrogens is 304 g/mol. The molecule has 5 nitrogen and oxygen atoms in total. The number of hydrogen-bond donors (Lipinski definition) is 2. The van der Waals surface area contributed by atoms with Gasteiger partial charge in [-0.1, -0.05) is 30.3 Å². The van der Waals surface area contributed by atoms with Crippen LogP contribution in [0.1, 0.15) is 11.6 Å². The Hall–Kier alpha value is -2.79. The maximum atomic E-state index is 12.1. The molecule has 2 aromatic carbocycles. The lowest BCUT2D eigenvalue weighted by Crippen LogP contribution is -2.39. The van der Waals surface area contributed by atoms with E-state index in [1.807, 2.05) is 65.4 Å². The SMILES string of the molecule is CNC(=O)[C@H](O)[C@@H](c1ccc(OC)cc1)n1ccc2ccccc21. The first kappa shape index (κ1) is 16.1. The van der Waals surface area contributed by atoms with Gasteiger partial charge in [0.15, 0.2) is 6.10 Å². The zero-order valence-electron chi connectivity index (χ0n) is 13.6. The van der Waals surface area contributed by atoms with Gasteiger partial charge in [0.05, 0.1) is 13.2 Å². The van der Waals surface area contributed by atoms with Crippen LogP contribution in [0.3, 0.4) is 0 Å². The van der Waals surface area contributed by atoms with E-state index in [-0.39, 0.29) is 0 Å². The Morgan fingerprint density at radius 2 is 1.83 bits per heavy atom. The monoisotopic (exact) mass is 324 g/mol.